The molecule has 1 rings (SSSR count). The van der Waals surface area contributed by atoms with Gasteiger partial charge in [0.05, 0.1) is 5.60 Å². The smallest absolute Gasteiger partial charge is 0.320 e. The van der Waals surface area contributed by atoms with Crippen molar-refractivity contribution in [2.45, 2.75) is 45.3 Å². The largest absolute Gasteiger partial charge is 0.480 e. The molecule has 0 aromatic carbocycles. The molecule has 0 saturated carbocycles. The fourth-order valence-corrected chi connectivity index (χ4v) is 1.98. The number of aliphatic carboxylic acids is 1. The summed E-state index contributed by atoms with van der Waals surface area (Å²) in [5.74, 6) is -0.590. The highest BCUT2D eigenvalue weighted by Crippen LogP contribution is 2.31. The molecule has 1 aliphatic heterocycles. The molecule has 0 aromatic heterocycles. The second-order valence-corrected chi connectivity index (χ2v) is 4.81. The van der Waals surface area contributed by atoms with Crippen molar-refractivity contribution in [2.75, 3.05) is 13.1 Å². The van der Waals surface area contributed by atoms with Crippen molar-refractivity contribution in [1.29, 1.82) is 0 Å². The predicted molar refractivity (Wildman–Crippen MR) is 57.7 cm³/mol. The number of hydrogen-bond acceptors (Lipinski definition) is 3. The number of β-amino-alcohol motifs (C(OH)–C–C–N with tert-alkyl or cyclic N) is 1. The first-order valence-corrected chi connectivity index (χ1v) is 5.60. The lowest BCUT2D eigenvalue weighted by atomic mass is 9.81. The Balaban J connectivity index is 2.51. The van der Waals surface area contributed by atoms with Crippen molar-refractivity contribution in [1.82, 2.24) is 4.90 Å². The van der Waals surface area contributed by atoms with Gasteiger partial charge in [-0.25, -0.2) is 0 Å². The molecular weight excluding hydrogens is 194 g/mol. The third-order valence-corrected chi connectivity index (χ3v) is 3.32. The Morgan fingerprint density at radius 3 is 2.33 bits per heavy atom. The Hall–Kier alpha value is -0.610. The van der Waals surface area contributed by atoms with E-state index in [0.717, 1.165) is 6.42 Å². The van der Waals surface area contributed by atoms with E-state index in [0.29, 0.717) is 19.5 Å². The van der Waals surface area contributed by atoms with Gasteiger partial charge < -0.3 is 10.2 Å². The Kier molecular flexibility index (Phi) is 3.73. The number of carboxylic acids is 1. The molecule has 0 amide bonds. The van der Waals surface area contributed by atoms with Gasteiger partial charge in [0.25, 0.3) is 0 Å². The number of aliphatic hydroxyl groups is 1. The normalized spacial score (nSPS) is 22.5. The second kappa shape index (κ2) is 4.49. The van der Waals surface area contributed by atoms with Gasteiger partial charge in [0.1, 0.15) is 6.04 Å². The van der Waals surface area contributed by atoms with Crippen molar-refractivity contribution in [3.8, 4) is 0 Å². The molecule has 0 radical (unpaired) electrons. The lowest BCUT2D eigenvalue weighted by Crippen LogP contribution is -2.68. The average Bonchev–Trinajstić information content (AvgIpc) is 2.08. The first-order chi connectivity index (χ1) is 6.90. The molecule has 88 valence electrons. The van der Waals surface area contributed by atoms with Crippen LogP contribution >= 0.6 is 0 Å². The summed E-state index contributed by atoms with van der Waals surface area (Å²) in [4.78, 5) is 12.8. The number of carboxylic acid groups (broad SMARTS) is 1. The van der Waals surface area contributed by atoms with Crippen LogP contribution in [0.4, 0.5) is 0 Å². The van der Waals surface area contributed by atoms with E-state index in [4.69, 9.17) is 5.11 Å². The highest BCUT2D eigenvalue weighted by atomic mass is 16.4. The van der Waals surface area contributed by atoms with E-state index >= 15 is 0 Å². The van der Waals surface area contributed by atoms with E-state index in [-0.39, 0.29) is 5.92 Å². The molecule has 0 aromatic rings. The first-order valence-electron chi connectivity index (χ1n) is 5.60. The predicted octanol–water partition coefficient (Wildman–Crippen LogP) is 0.942. The van der Waals surface area contributed by atoms with Gasteiger partial charge >= 0.3 is 5.97 Å². The second-order valence-electron chi connectivity index (χ2n) is 4.81. The summed E-state index contributed by atoms with van der Waals surface area (Å²) in [5, 5.41) is 19.0. The molecule has 1 aliphatic rings. The van der Waals surface area contributed by atoms with Crippen molar-refractivity contribution in [2.24, 2.45) is 5.92 Å². The van der Waals surface area contributed by atoms with E-state index in [1.165, 1.54) is 0 Å². The standard InChI is InChI=1S/C11H21NO3/c1-4-5-9(10(13)14)12-6-11(15,7-12)8(2)3/h8-9,15H,4-7H2,1-3H3,(H,13,14). The molecule has 1 saturated heterocycles. The topological polar surface area (TPSA) is 60.8 Å². The molecule has 0 aliphatic carbocycles. The minimum atomic E-state index is -0.775. The number of carbonyl (C=O) groups is 1. The fraction of sp³-hybridized carbons (Fsp3) is 0.909. The molecule has 1 atom stereocenters. The Labute approximate surface area is 90.9 Å². The van der Waals surface area contributed by atoms with Gasteiger partial charge in [-0.1, -0.05) is 27.2 Å². The Morgan fingerprint density at radius 1 is 1.47 bits per heavy atom. The minimum Gasteiger partial charge on any atom is -0.480 e. The molecule has 4 nitrogen and oxygen atoms in total. The highest BCUT2D eigenvalue weighted by Gasteiger charge is 2.47. The maximum absolute atomic E-state index is 11.0. The maximum atomic E-state index is 11.0. The summed E-state index contributed by atoms with van der Waals surface area (Å²) >= 11 is 0. The summed E-state index contributed by atoms with van der Waals surface area (Å²) in [5.41, 5.74) is -0.679. The fourth-order valence-electron chi connectivity index (χ4n) is 1.98. The van der Waals surface area contributed by atoms with Crippen LogP contribution in [0.3, 0.4) is 0 Å². The first kappa shape index (κ1) is 12.5. The molecule has 4 heteroatoms. The summed E-state index contributed by atoms with van der Waals surface area (Å²) in [7, 11) is 0. The van der Waals surface area contributed by atoms with Crippen LogP contribution in [0, 0.1) is 5.92 Å². The van der Waals surface area contributed by atoms with E-state index in [1.807, 2.05) is 25.7 Å². The SMILES string of the molecule is CCCC(C(=O)O)N1CC(O)(C(C)C)C1. The minimum absolute atomic E-state index is 0.185. The average molecular weight is 215 g/mol. The van der Waals surface area contributed by atoms with E-state index in [1.54, 1.807) is 0 Å². The van der Waals surface area contributed by atoms with Gasteiger partial charge in [0, 0.05) is 13.1 Å². The third kappa shape index (κ3) is 2.49. The Morgan fingerprint density at radius 2 is 2.00 bits per heavy atom. The molecule has 0 bridgehead atoms. The van der Waals surface area contributed by atoms with Crippen LogP contribution in [-0.4, -0.2) is 45.8 Å². The zero-order valence-electron chi connectivity index (χ0n) is 9.73. The van der Waals surface area contributed by atoms with E-state index < -0.39 is 17.6 Å². The van der Waals surface area contributed by atoms with Crippen molar-refractivity contribution < 1.29 is 15.0 Å². The molecular formula is C11H21NO3. The number of rotatable bonds is 5. The summed E-state index contributed by atoms with van der Waals surface area (Å²) in [6, 6.07) is -0.422. The van der Waals surface area contributed by atoms with Crippen LogP contribution in [0.15, 0.2) is 0 Å². The van der Waals surface area contributed by atoms with Crippen LogP contribution in [0.1, 0.15) is 33.6 Å². The van der Waals surface area contributed by atoms with E-state index in [2.05, 4.69) is 0 Å². The monoisotopic (exact) mass is 215 g/mol. The van der Waals surface area contributed by atoms with Gasteiger partial charge in [-0.05, 0) is 12.3 Å². The van der Waals surface area contributed by atoms with E-state index in [9.17, 15) is 9.90 Å². The molecule has 1 heterocycles. The number of likely N-dealkylation sites (tertiary alicyclic amines) is 1. The molecule has 0 spiro atoms. The van der Waals surface area contributed by atoms with Gasteiger partial charge in [-0.15, -0.1) is 0 Å². The number of hydrogen-bond donors (Lipinski definition) is 2. The zero-order chi connectivity index (χ0) is 11.6. The van der Waals surface area contributed by atoms with Crippen LogP contribution in [0.25, 0.3) is 0 Å². The van der Waals surface area contributed by atoms with Gasteiger partial charge in [-0.2, -0.15) is 0 Å². The molecule has 2 N–H and O–H groups in total. The lowest BCUT2D eigenvalue weighted by molar-refractivity contribution is -0.167. The van der Waals surface area contributed by atoms with Gasteiger partial charge in [-0.3, -0.25) is 9.69 Å². The number of nitrogens with zero attached hydrogens (tertiary/aromatic N) is 1. The zero-order valence-corrected chi connectivity index (χ0v) is 9.73. The van der Waals surface area contributed by atoms with Crippen LogP contribution in [0.2, 0.25) is 0 Å². The summed E-state index contributed by atoms with van der Waals surface area (Å²) < 4.78 is 0. The molecule has 15 heavy (non-hydrogen) atoms. The van der Waals surface area contributed by atoms with Crippen LogP contribution in [-0.2, 0) is 4.79 Å². The highest BCUT2D eigenvalue weighted by molar-refractivity contribution is 5.73. The van der Waals surface area contributed by atoms with Crippen LogP contribution in [0.5, 0.6) is 0 Å². The van der Waals surface area contributed by atoms with Crippen molar-refractivity contribution in [3.05, 3.63) is 0 Å². The van der Waals surface area contributed by atoms with Crippen molar-refractivity contribution >= 4 is 5.97 Å². The summed E-state index contributed by atoms with van der Waals surface area (Å²) in [6.45, 7) is 6.88. The van der Waals surface area contributed by atoms with Crippen molar-refractivity contribution in [3.63, 3.8) is 0 Å². The Bertz CT molecular complexity index is 234. The molecule has 1 fully saturated rings. The maximum Gasteiger partial charge on any atom is 0.320 e. The van der Waals surface area contributed by atoms with Gasteiger partial charge in [0.15, 0.2) is 0 Å². The summed E-state index contributed by atoms with van der Waals surface area (Å²) in [6.07, 6.45) is 1.51. The third-order valence-electron chi connectivity index (χ3n) is 3.32. The molecule has 1 unspecified atom stereocenters. The lowest BCUT2D eigenvalue weighted by Gasteiger charge is -2.51. The quantitative estimate of drug-likeness (QED) is 0.716. The van der Waals surface area contributed by atoms with Crippen LogP contribution < -0.4 is 0 Å². The van der Waals surface area contributed by atoms with Gasteiger partial charge in [0.2, 0.25) is 0 Å².